The van der Waals surface area contributed by atoms with Gasteiger partial charge in [-0.15, -0.1) is 5.10 Å². The van der Waals surface area contributed by atoms with Crippen molar-refractivity contribution in [3.8, 4) is 11.3 Å². The smallest absolute Gasteiger partial charge is 0.330 e. The molecule has 3 aromatic heterocycles. The van der Waals surface area contributed by atoms with Crippen LogP contribution in [-0.4, -0.2) is 49.9 Å². The number of carbonyl (C=O) groups is 1. The van der Waals surface area contributed by atoms with E-state index in [2.05, 4.69) is 25.3 Å². The van der Waals surface area contributed by atoms with E-state index in [-0.39, 0.29) is 18.0 Å². The quantitative estimate of drug-likeness (QED) is 0.737. The number of pyridine rings is 2. The third kappa shape index (κ3) is 2.75. The summed E-state index contributed by atoms with van der Waals surface area (Å²) in [7, 11) is 1.76. The van der Waals surface area contributed by atoms with Crippen molar-refractivity contribution in [1.29, 1.82) is 0 Å². The van der Waals surface area contributed by atoms with E-state index in [4.69, 9.17) is 4.98 Å². The van der Waals surface area contributed by atoms with Crippen LogP contribution in [0.5, 0.6) is 0 Å². The van der Waals surface area contributed by atoms with Gasteiger partial charge in [0.15, 0.2) is 5.82 Å². The number of amides is 2. The van der Waals surface area contributed by atoms with Crippen molar-refractivity contribution >= 4 is 23.5 Å². The Morgan fingerprint density at radius 1 is 1.25 bits per heavy atom. The van der Waals surface area contributed by atoms with Crippen LogP contribution >= 0.6 is 0 Å². The molecule has 5 rings (SSSR count). The van der Waals surface area contributed by atoms with E-state index in [9.17, 15) is 4.79 Å². The first-order valence-corrected chi connectivity index (χ1v) is 9.23. The Kier molecular flexibility index (Phi) is 3.75. The van der Waals surface area contributed by atoms with Crippen LogP contribution < -0.4 is 15.1 Å². The van der Waals surface area contributed by atoms with Crippen LogP contribution in [0.15, 0.2) is 36.8 Å². The van der Waals surface area contributed by atoms with E-state index in [0.717, 1.165) is 42.1 Å². The molecular formula is C19H20N8O. The van der Waals surface area contributed by atoms with Crippen LogP contribution in [0.25, 0.3) is 11.3 Å². The number of nitrogens with zero attached hydrogens (tertiary/aromatic N) is 7. The molecule has 0 radical (unpaired) electrons. The molecule has 1 saturated heterocycles. The number of rotatable bonds is 2. The number of hydrogen-bond donors (Lipinski definition) is 1. The summed E-state index contributed by atoms with van der Waals surface area (Å²) in [6, 6.07) is 7.81. The van der Waals surface area contributed by atoms with Gasteiger partial charge in [-0.05, 0) is 37.6 Å². The monoisotopic (exact) mass is 376 g/mol. The molecular weight excluding hydrogens is 356 g/mol. The van der Waals surface area contributed by atoms with E-state index >= 15 is 0 Å². The van der Waals surface area contributed by atoms with Gasteiger partial charge in [0.05, 0.1) is 17.4 Å². The van der Waals surface area contributed by atoms with Crippen molar-refractivity contribution in [3.63, 3.8) is 0 Å². The molecule has 3 aromatic rings. The SMILES string of the molecule is Cc1cc(-c2ccc3c(n2)N(C(=O)Nc2ncn(C)n2)[C@H]2CCN3C2)ccn1. The first kappa shape index (κ1) is 16.7. The Morgan fingerprint density at radius 3 is 2.93 bits per heavy atom. The fourth-order valence-electron chi connectivity index (χ4n) is 3.89. The van der Waals surface area contributed by atoms with E-state index < -0.39 is 0 Å². The highest BCUT2D eigenvalue weighted by atomic mass is 16.2. The fraction of sp³-hybridized carbons (Fsp3) is 0.316. The van der Waals surface area contributed by atoms with Crippen molar-refractivity contribution in [2.24, 2.45) is 7.05 Å². The summed E-state index contributed by atoms with van der Waals surface area (Å²) in [6.45, 7) is 3.68. The summed E-state index contributed by atoms with van der Waals surface area (Å²) >= 11 is 0. The van der Waals surface area contributed by atoms with Crippen LogP contribution in [0, 0.1) is 6.92 Å². The molecule has 5 heterocycles. The molecule has 1 N–H and O–H groups in total. The van der Waals surface area contributed by atoms with E-state index in [1.807, 2.05) is 31.2 Å². The third-order valence-electron chi connectivity index (χ3n) is 5.18. The number of carbonyl (C=O) groups excluding carboxylic acids is 1. The molecule has 0 aromatic carbocycles. The van der Waals surface area contributed by atoms with Crippen LogP contribution in [0.4, 0.5) is 22.2 Å². The van der Waals surface area contributed by atoms with Crippen molar-refractivity contribution in [2.45, 2.75) is 19.4 Å². The van der Waals surface area contributed by atoms with Gasteiger partial charge < -0.3 is 4.90 Å². The first-order valence-electron chi connectivity index (χ1n) is 9.23. The predicted octanol–water partition coefficient (Wildman–Crippen LogP) is 2.21. The number of aromatic nitrogens is 5. The van der Waals surface area contributed by atoms with Gasteiger partial charge in [-0.1, -0.05) is 0 Å². The minimum absolute atomic E-state index is 0.0816. The van der Waals surface area contributed by atoms with Gasteiger partial charge >= 0.3 is 6.03 Å². The van der Waals surface area contributed by atoms with Crippen LogP contribution in [0.3, 0.4) is 0 Å². The molecule has 2 aliphatic rings. The summed E-state index contributed by atoms with van der Waals surface area (Å²) < 4.78 is 1.55. The van der Waals surface area contributed by atoms with Gasteiger partial charge in [0.2, 0.25) is 5.95 Å². The zero-order chi connectivity index (χ0) is 19.3. The highest BCUT2D eigenvalue weighted by Gasteiger charge is 2.40. The standard InChI is InChI=1S/C19H20N8O/c1-12-9-13(5-7-20-12)15-3-4-16-17(22-15)27(14-6-8-26(16)10-14)19(28)23-18-21-11-25(2)24-18/h3-5,7,9,11,14H,6,8,10H2,1-2H3,(H,23,24,28)/t14-/m0/s1. The highest BCUT2D eigenvalue weighted by molar-refractivity contribution is 6.04. The molecule has 0 unspecified atom stereocenters. The Labute approximate surface area is 162 Å². The topological polar surface area (TPSA) is 92.1 Å². The van der Waals surface area contributed by atoms with E-state index in [1.54, 1.807) is 29.2 Å². The lowest BCUT2D eigenvalue weighted by Gasteiger charge is -2.35. The Hall–Kier alpha value is -3.49. The average Bonchev–Trinajstić information content (AvgIpc) is 3.28. The second kappa shape index (κ2) is 6.29. The van der Waals surface area contributed by atoms with Gasteiger partial charge in [-0.2, -0.15) is 0 Å². The molecule has 9 heteroatoms. The molecule has 0 aliphatic carbocycles. The highest BCUT2D eigenvalue weighted by Crippen LogP contribution is 2.40. The van der Waals surface area contributed by atoms with Crippen molar-refractivity contribution in [1.82, 2.24) is 24.7 Å². The molecule has 0 spiro atoms. The van der Waals surface area contributed by atoms with Gasteiger partial charge in [-0.25, -0.2) is 14.8 Å². The maximum Gasteiger partial charge on any atom is 0.330 e. The minimum atomic E-state index is -0.255. The molecule has 2 amide bonds. The lowest BCUT2D eigenvalue weighted by Crippen LogP contribution is -2.48. The van der Waals surface area contributed by atoms with E-state index in [1.165, 1.54) is 0 Å². The number of nitrogens with one attached hydrogen (secondary N) is 1. The lowest BCUT2D eigenvalue weighted by atomic mass is 10.1. The molecule has 2 bridgehead atoms. The average molecular weight is 376 g/mol. The minimum Gasteiger partial charge on any atom is -0.366 e. The number of aryl methyl sites for hydroxylation is 2. The Bertz CT molecular complexity index is 1060. The number of hydrogen-bond acceptors (Lipinski definition) is 6. The molecule has 28 heavy (non-hydrogen) atoms. The van der Waals surface area contributed by atoms with Crippen LogP contribution in [-0.2, 0) is 7.05 Å². The molecule has 1 fully saturated rings. The second-order valence-corrected chi connectivity index (χ2v) is 7.16. The summed E-state index contributed by atoms with van der Waals surface area (Å²) in [6.07, 6.45) is 4.23. The fourth-order valence-corrected chi connectivity index (χ4v) is 3.89. The van der Waals surface area contributed by atoms with Crippen molar-refractivity contribution in [3.05, 3.63) is 42.5 Å². The van der Waals surface area contributed by atoms with Crippen LogP contribution in [0.1, 0.15) is 12.1 Å². The van der Waals surface area contributed by atoms with Crippen molar-refractivity contribution < 1.29 is 4.79 Å². The summed E-state index contributed by atoms with van der Waals surface area (Å²) in [5.74, 6) is 0.963. The van der Waals surface area contributed by atoms with Gasteiger partial charge in [0, 0.05) is 37.6 Å². The van der Waals surface area contributed by atoms with Gasteiger partial charge in [0.1, 0.15) is 6.33 Å². The lowest BCUT2D eigenvalue weighted by molar-refractivity contribution is 0.254. The Balaban J connectivity index is 1.54. The maximum absolute atomic E-state index is 13.1. The summed E-state index contributed by atoms with van der Waals surface area (Å²) in [5, 5.41) is 6.95. The molecule has 9 nitrogen and oxygen atoms in total. The zero-order valence-electron chi connectivity index (χ0n) is 15.7. The number of anilines is 3. The third-order valence-corrected chi connectivity index (χ3v) is 5.18. The molecule has 2 aliphatic heterocycles. The first-order chi connectivity index (χ1) is 13.6. The maximum atomic E-state index is 13.1. The second-order valence-electron chi connectivity index (χ2n) is 7.16. The molecule has 142 valence electrons. The summed E-state index contributed by atoms with van der Waals surface area (Å²) in [5.41, 5.74) is 3.71. The normalized spacial score (nSPS) is 17.6. The Morgan fingerprint density at radius 2 is 2.14 bits per heavy atom. The molecule has 0 saturated carbocycles. The zero-order valence-corrected chi connectivity index (χ0v) is 15.7. The predicted molar refractivity (Wildman–Crippen MR) is 105 cm³/mol. The van der Waals surface area contributed by atoms with Gasteiger partial charge in [0.25, 0.3) is 0 Å². The largest absolute Gasteiger partial charge is 0.366 e. The van der Waals surface area contributed by atoms with Crippen LogP contribution in [0.2, 0.25) is 0 Å². The van der Waals surface area contributed by atoms with Gasteiger partial charge in [-0.3, -0.25) is 19.9 Å². The summed E-state index contributed by atoms with van der Waals surface area (Å²) in [4.78, 5) is 30.3. The number of urea groups is 1. The number of fused-ring (bicyclic) bond motifs is 4. The molecule has 1 atom stereocenters. The van der Waals surface area contributed by atoms with Crippen molar-refractivity contribution in [2.75, 3.05) is 28.2 Å². The van der Waals surface area contributed by atoms with E-state index in [0.29, 0.717) is 5.82 Å².